The smallest absolute Gasteiger partial charge is 0.407 e. The van der Waals surface area contributed by atoms with E-state index >= 15 is 0 Å². The Labute approximate surface area is 182 Å². The van der Waals surface area contributed by atoms with Crippen LogP contribution < -0.4 is 11.1 Å². The van der Waals surface area contributed by atoms with E-state index < -0.39 is 35.4 Å². The summed E-state index contributed by atoms with van der Waals surface area (Å²) in [5, 5.41) is 12.3. The third-order valence-electron chi connectivity index (χ3n) is 5.90. The molecule has 0 bridgehead atoms. The summed E-state index contributed by atoms with van der Waals surface area (Å²) in [4.78, 5) is 52.4. The lowest BCUT2D eigenvalue weighted by Gasteiger charge is -2.32. The summed E-state index contributed by atoms with van der Waals surface area (Å²) in [6.07, 6.45) is -0.904. The molecule has 1 aromatic rings. The first-order valence-corrected chi connectivity index (χ1v) is 10.4. The Morgan fingerprint density at radius 2 is 2.07 bits per heavy atom. The SMILES string of the molecule is CC(C)C[C@@H](C(=O)N1C[C@]2(C[C@H]1C(N)=O)C(=O)Nc1cc(Br)ccc12)N(C)C(=O)O. The topological polar surface area (TPSA) is 133 Å². The number of nitrogens with one attached hydrogen (secondary N) is 1. The predicted octanol–water partition coefficient (Wildman–Crippen LogP) is 1.75. The maximum Gasteiger partial charge on any atom is 0.407 e. The normalized spacial score (nSPS) is 23.4. The molecule has 4 N–H and O–H groups in total. The number of carboxylic acid groups (broad SMARTS) is 1. The molecule has 162 valence electrons. The third-order valence-corrected chi connectivity index (χ3v) is 6.39. The Morgan fingerprint density at radius 1 is 1.40 bits per heavy atom. The molecule has 1 spiro atoms. The number of halogens is 1. The molecule has 30 heavy (non-hydrogen) atoms. The number of primary amides is 1. The molecule has 1 saturated heterocycles. The molecule has 3 rings (SSSR count). The van der Waals surface area contributed by atoms with Crippen molar-refractivity contribution in [1.82, 2.24) is 9.80 Å². The van der Waals surface area contributed by atoms with Gasteiger partial charge in [-0.3, -0.25) is 19.3 Å². The zero-order valence-electron chi connectivity index (χ0n) is 17.0. The van der Waals surface area contributed by atoms with Gasteiger partial charge >= 0.3 is 6.09 Å². The van der Waals surface area contributed by atoms with E-state index in [4.69, 9.17) is 5.73 Å². The zero-order valence-corrected chi connectivity index (χ0v) is 18.6. The Hall–Kier alpha value is -2.62. The van der Waals surface area contributed by atoms with Crippen LogP contribution in [0, 0.1) is 5.92 Å². The van der Waals surface area contributed by atoms with Crippen molar-refractivity contribution < 1.29 is 24.3 Å². The highest BCUT2D eigenvalue weighted by atomic mass is 79.9. The number of rotatable bonds is 5. The molecule has 0 saturated carbocycles. The highest BCUT2D eigenvalue weighted by molar-refractivity contribution is 9.10. The van der Waals surface area contributed by atoms with Gasteiger partial charge in [0.1, 0.15) is 12.1 Å². The number of likely N-dealkylation sites (tertiary alicyclic amines) is 1. The van der Waals surface area contributed by atoms with Crippen LogP contribution in [0.1, 0.15) is 32.3 Å². The number of likely N-dealkylation sites (N-methyl/N-ethyl adjacent to an activating group) is 1. The van der Waals surface area contributed by atoms with Gasteiger partial charge < -0.3 is 21.1 Å². The summed E-state index contributed by atoms with van der Waals surface area (Å²) in [5.74, 6) is -1.51. The first-order chi connectivity index (χ1) is 14.0. The van der Waals surface area contributed by atoms with Crippen LogP contribution in [0.15, 0.2) is 22.7 Å². The van der Waals surface area contributed by atoms with Crippen molar-refractivity contribution in [1.29, 1.82) is 0 Å². The highest BCUT2D eigenvalue weighted by Crippen LogP contribution is 2.47. The standard InChI is InChI=1S/C20H25BrN4O5/c1-10(2)6-14(24(3)19(29)30)17(27)25-9-20(8-15(25)16(22)26)12-5-4-11(21)7-13(12)23-18(20)28/h4-5,7,10,14-15H,6,8-9H2,1-3H3,(H2,22,26)(H,23,28)(H,29,30)/t14-,15-,20-/m0/s1. The number of fused-ring (bicyclic) bond motifs is 2. The van der Waals surface area contributed by atoms with Crippen LogP contribution in [-0.2, 0) is 19.8 Å². The molecule has 2 aliphatic heterocycles. The average Bonchev–Trinajstić information content (AvgIpc) is 3.18. The van der Waals surface area contributed by atoms with Crippen LogP contribution in [-0.4, -0.2) is 64.4 Å². The molecule has 9 nitrogen and oxygen atoms in total. The molecular formula is C20H25BrN4O5. The summed E-state index contributed by atoms with van der Waals surface area (Å²) in [5.41, 5.74) is 5.82. The number of carbonyl (C=O) groups is 4. The largest absolute Gasteiger partial charge is 0.465 e. The molecule has 1 fully saturated rings. The second-order valence-electron chi connectivity index (χ2n) is 8.35. The van der Waals surface area contributed by atoms with E-state index in [-0.39, 0.29) is 31.2 Å². The van der Waals surface area contributed by atoms with Crippen LogP contribution in [0.25, 0.3) is 0 Å². The Bertz CT molecular complexity index is 920. The van der Waals surface area contributed by atoms with Crippen molar-refractivity contribution in [2.24, 2.45) is 11.7 Å². The number of hydrogen-bond donors (Lipinski definition) is 3. The van der Waals surface area contributed by atoms with Crippen molar-refractivity contribution in [3.05, 3.63) is 28.2 Å². The van der Waals surface area contributed by atoms with Crippen molar-refractivity contribution in [2.45, 2.75) is 44.2 Å². The van der Waals surface area contributed by atoms with E-state index in [9.17, 15) is 24.3 Å². The molecule has 10 heteroatoms. The lowest BCUT2D eigenvalue weighted by Crippen LogP contribution is -2.53. The van der Waals surface area contributed by atoms with Gasteiger partial charge in [0.05, 0.1) is 5.41 Å². The first-order valence-electron chi connectivity index (χ1n) is 9.65. The minimum absolute atomic E-state index is 0.0391. The van der Waals surface area contributed by atoms with E-state index in [2.05, 4.69) is 21.2 Å². The average molecular weight is 481 g/mol. The lowest BCUT2D eigenvalue weighted by molar-refractivity contribution is -0.141. The van der Waals surface area contributed by atoms with E-state index in [1.54, 1.807) is 18.2 Å². The maximum atomic E-state index is 13.4. The minimum atomic E-state index is -1.24. The van der Waals surface area contributed by atoms with Gasteiger partial charge in [0, 0.05) is 23.8 Å². The molecule has 3 atom stereocenters. The predicted molar refractivity (Wildman–Crippen MR) is 113 cm³/mol. The fourth-order valence-electron chi connectivity index (χ4n) is 4.35. The van der Waals surface area contributed by atoms with Gasteiger partial charge in [-0.2, -0.15) is 0 Å². The molecule has 0 aromatic heterocycles. The number of benzene rings is 1. The van der Waals surface area contributed by atoms with Gasteiger partial charge in [-0.25, -0.2) is 4.79 Å². The van der Waals surface area contributed by atoms with Crippen molar-refractivity contribution in [3.8, 4) is 0 Å². The zero-order chi connectivity index (χ0) is 22.4. The number of anilines is 1. The van der Waals surface area contributed by atoms with Gasteiger partial charge in [0.2, 0.25) is 17.7 Å². The van der Waals surface area contributed by atoms with E-state index in [0.29, 0.717) is 11.3 Å². The van der Waals surface area contributed by atoms with Crippen LogP contribution in [0.5, 0.6) is 0 Å². The number of hydrogen-bond acceptors (Lipinski definition) is 4. The molecule has 0 radical (unpaired) electrons. The van der Waals surface area contributed by atoms with E-state index in [1.807, 2.05) is 13.8 Å². The fraction of sp³-hybridized carbons (Fsp3) is 0.500. The Balaban J connectivity index is 2.01. The number of carbonyl (C=O) groups excluding carboxylic acids is 3. The molecular weight excluding hydrogens is 456 g/mol. The highest BCUT2D eigenvalue weighted by Gasteiger charge is 2.57. The maximum absolute atomic E-state index is 13.4. The van der Waals surface area contributed by atoms with Crippen LogP contribution in [0.2, 0.25) is 0 Å². The summed E-state index contributed by atoms with van der Waals surface area (Å²) >= 11 is 3.37. The lowest BCUT2D eigenvalue weighted by atomic mass is 9.79. The van der Waals surface area contributed by atoms with E-state index in [1.165, 1.54) is 11.9 Å². The second-order valence-corrected chi connectivity index (χ2v) is 9.27. The molecule has 0 aliphatic carbocycles. The quantitative estimate of drug-likeness (QED) is 0.590. The molecule has 2 heterocycles. The summed E-state index contributed by atoms with van der Waals surface area (Å²) in [6, 6.07) is 3.37. The number of nitrogens with zero attached hydrogens (tertiary/aromatic N) is 2. The van der Waals surface area contributed by atoms with Crippen molar-refractivity contribution in [2.75, 3.05) is 18.9 Å². The van der Waals surface area contributed by atoms with Gasteiger partial charge in [0.15, 0.2) is 0 Å². The molecule has 0 unspecified atom stereocenters. The van der Waals surface area contributed by atoms with Gasteiger partial charge in [-0.1, -0.05) is 35.8 Å². The second kappa shape index (κ2) is 7.90. The molecule has 4 amide bonds. The Morgan fingerprint density at radius 3 is 2.63 bits per heavy atom. The summed E-state index contributed by atoms with van der Waals surface area (Å²) < 4.78 is 0.788. The van der Waals surface area contributed by atoms with Crippen molar-refractivity contribution in [3.63, 3.8) is 0 Å². The first kappa shape index (κ1) is 22.1. The van der Waals surface area contributed by atoms with Crippen LogP contribution in [0.4, 0.5) is 10.5 Å². The number of nitrogens with two attached hydrogens (primary N) is 1. The third kappa shape index (κ3) is 3.64. The summed E-state index contributed by atoms with van der Waals surface area (Å²) in [7, 11) is 1.33. The summed E-state index contributed by atoms with van der Waals surface area (Å²) in [6.45, 7) is 3.72. The monoisotopic (exact) mass is 480 g/mol. The van der Waals surface area contributed by atoms with Crippen LogP contribution in [0.3, 0.4) is 0 Å². The van der Waals surface area contributed by atoms with Crippen LogP contribution >= 0.6 is 15.9 Å². The van der Waals surface area contributed by atoms with E-state index in [0.717, 1.165) is 9.37 Å². The Kier molecular flexibility index (Phi) is 5.81. The molecule has 1 aromatic carbocycles. The molecule has 2 aliphatic rings. The number of amides is 4. The fourth-order valence-corrected chi connectivity index (χ4v) is 4.71. The van der Waals surface area contributed by atoms with Crippen molar-refractivity contribution >= 4 is 45.4 Å². The van der Waals surface area contributed by atoms with Gasteiger partial charge in [-0.05, 0) is 36.5 Å². The van der Waals surface area contributed by atoms with Gasteiger partial charge in [0.25, 0.3) is 0 Å². The van der Waals surface area contributed by atoms with Gasteiger partial charge in [-0.15, -0.1) is 0 Å². The minimum Gasteiger partial charge on any atom is -0.465 e.